The van der Waals surface area contributed by atoms with Gasteiger partial charge in [0, 0.05) is 17.5 Å². The van der Waals surface area contributed by atoms with Crippen LogP contribution in [-0.4, -0.2) is 16.6 Å². The Morgan fingerprint density at radius 1 is 1.33 bits per heavy atom. The first-order chi connectivity index (χ1) is 10.1. The highest BCUT2D eigenvalue weighted by molar-refractivity contribution is 6.32. The van der Waals surface area contributed by atoms with Crippen LogP contribution in [-0.2, 0) is 0 Å². The average molecular weight is 304 g/mol. The molecule has 1 unspecified atom stereocenters. The molecule has 0 aliphatic carbocycles. The van der Waals surface area contributed by atoms with Crippen molar-refractivity contribution in [3.63, 3.8) is 0 Å². The molecule has 0 bridgehead atoms. The second kappa shape index (κ2) is 5.90. The van der Waals surface area contributed by atoms with E-state index in [1.54, 1.807) is 0 Å². The first-order valence-electron chi connectivity index (χ1n) is 7.13. The zero-order valence-corrected chi connectivity index (χ0v) is 12.9. The van der Waals surface area contributed by atoms with E-state index in [4.69, 9.17) is 16.3 Å². The smallest absolute Gasteiger partial charge is 0.223 e. The summed E-state index contributed by atoms with van der Waals surface area (Å²) in [5, 5.41) is 4.07. The van der Waals surface area contributed by atoms with Crippen molar-refractivity contribution in [1.82, 2.24) is 9.97 Å². The number of nitrogens with zero attached hydrogens (tertiary/aromatic N) is 2. The van der Waals surface area contributed by atoms with Gasteiger partial charge in [-0.15, -0.1) is 0 Å². The number of anilines is 1. The molecule has 2 aromatic rings. The summed E-state index contributed by atoms with van der Waals surface area (Å²) in [5.74, 6) is 1.42. The zero-order valence-electron chi connectivity index (χ0n) is 12.2. The maximum Gasteiger partial charge on any atom is 0.223 e. The molecule has 0 saturated carbocycles. The van der Waals surface area contributed by atoms with Crippen molar-refractivity contribution < 1.29 is 4.74 Å². The van der Waals surface area contributed by atoms with E-state index in [0.717, 1.165) is 35.4 Å². The Bertz CT molecular complexity index is 660. The summed E-state index contributed by atoms with van der Waals surface area (Å²) in [7, 11) is 0. The number of aryl methyl sites for hydroxylation is 2. The number of para-hydroxylation sites is 1. The Balaban J connectivity index is 1.92. The molecule has 1 N–H and O–H groups in total. The van der Waals surface area contributed by atoms with Crippen LogP contribution in [0.3, 0.4) is 0 Å². The van der Waals surface area contributed by atoms with Crippen LogP contribution in [0.25, 0.3) is 0 Å². The van der Waals surface area contributed by atoms with Gasteiger partial charge in [-0.05, 0) is 38.3 Å². The second-order valence-corrected chi connectivity index (χ2v) is 5.72. The molecule has 1 aromatic carbocycles. The van der Waals surface area contributed by atoms with Crippen molar-refractivity contribution in [3.05, 3.63) is 46.2 Å². The van der Waals surface area contributed by atoms with Gasteiger partial charge in [-0.3, -0.25) is 0 Å². The highest BCUT2D eigenvalue weighted by Gasteiger charge is 2.22. The molecule has 0 radical (unpaired) electrons. The zero-order chi connectivity index (χ0) is 14.8. The predicted octanol–water partition coefficient (Wildman–Crippen LogP) is 4.07. The second-order valence-electron chi connectivity index (χ2n) is 5.31. The van der Waals surface area contributed by atoms with E-state index in [9.17, 15) is 0 Å². The number of hydrogen-bond donors (Lipinski definition) is 1. The van der Waals surface area contributed by atoms with Crippen LogP contribution in [0.15, 0.2) is 24.4 Å². The standard InChI is InChI=1S/C16H18ClN3O/c1-10-9-18-16(19-11(10)2)20-14-7-4-8-21-15-12(14)5-3-6-13(15)17/h3,5-6,9,14H,4,7-8H2,1-2H3,(H,18,19,20). The van der Waals surface area contributed by atoms with Gasteiger partial charge in [0.25, 0.3) is 0 Å². The molecule has 21 heavy (non-hydrogen) atoms. The lowest BCUT2D eigenvalue weighted by Crippen LogP contribution is -2.13. The monoisotopic (exact) mass is 303 g/mol. The molecule has 1 atom stereocenters. The summed E-state index contributed by atoms with van der Waals surface area (Å²) in [6.45, 7) is 4.68. The summed E-state index contributed by atoms with van der Waals surface area (Å²) in [6, 6.07) is 5.97. The van der Waals surface area contributed by atoms with Crippen molar-refractivity contribution in [2.45, 2.75) is 32.7 Å². The molecule has 0 spiro atoms. The lowest BCUT2D eigenvalue weighted by atomic mass is 10.0. The number of benzene rings is 1. The molecular formula is C16H18ClN3O. The third-order valence-electron chi connectivity index (χ3n) is 3.78. The molecule has 0 saturated heterocycles. The highest BCUT2D eigenvalue weighted by Crippen LogP contribution is 2.38. The average Bonchev–Trinajstić information content (AvgIpc) is 2.67. The Kier molecular flexibility index (Phi) is 3.97. The summed E-state index contributed by atoms with van der Waals surface area (Å²) in [4.78, 5) is 8.86. The first kappa shape index (κ1) is 14.1. The molecule has 5 heteroatoms. The number of aromatic nitrogens is 2. The third kappa shape index (κ3) is 2.95. The molecular weight excluding hydrogens is 286 g/mol. The molecule has 2 heterocycles. The van der Waals surface area contributed by atoms with E-state index < -0.39 is 0 Å². The van der Waals surface area contributed by atoms with Crippen LogP contribution >= 0.6 is 11.6 Å². The largest absolute Gasteiger partial charge is 0.492 e. The number of fused-ring (bicyclic) bond motifs is 1. The molecule has 4 nitrogen and oxygen atoms in total. The van der Waals surface area contributed by atoms with Crippen LogP contribution in [0, 0.1) is 13.8 Å². The van der Waals surface area contributed by atoms with Gasteiger partial charge in [-0.25, -0.2) is 9.97 Å². The number of rotatable bonds is 2. The van der Waals surface area contributed by atoms with Crippen molar-refractivity contribution in [2.75, 3.05) is 11.9 Å². The number of halogens is 1. The summed E-state index contributed by atoms with van der Waals surface area (Å²) in [6.07, 6.45) is 3.77. The van der Waals surface area contributed by atoms with E-state index in [-0.39, 0.29) is 6.04 Å². The normalized spacial score (nSPS) is 17.6. The predicted molar refractivity (Wildman–Crippen MR) is 84.1 cm³/mol. The van der Waals surface area contributed by atoms with Gasteiger partial charge in [-0.1, -0.05) is 23.7 Å². The molecule has 0 amide bonds. The Labute approximate surface area is 129 Å². The summed E-state index contributed by atoms with van der Waals surface area (Å²) >= 11 is 6.24. The molecule has 1 aliphatic rings. The van der Waals surface area contributed by atoms with Gasteiger partial charge in [0.2, 0.25) is 5.95 Å². The van der Waals surface area contributed by atoms with E-state index >= 15 is 0 Å². The lowest BCUT2D eigenvalue weighted by Gasteiger charge is -2.19. The number of hydrogen-bond acceptors (Lipinski definition) is 4. The molecule has 3 rings (SSSR count). The van der Waals surface area contributed by atoms with E-state index in [1.165, 1.54) is 0 Å². The molecule has 110 valence electrons. The van der Waals surface area contributed by atoms with E-state index in [1.807, 2.05) is 38.2 Å². The van der Waals surface area contributed by atoms with Crippen molar-refractivity contribution in [1.29, 1.82) is 0 Å². The summed E-state index contributed by atoms with van der Waals surface area (Å²) in [5.41, 5.74) is 3.15. The highest BCUT2D eigenvalue weighted by atomic mass is 35.5. The van der Waals surface area contributed by atoms with Crippen molar-refractivity contribution in [3.8, 4) is 5.75 Å². The Morgan fingerprint density at radius 2 is 2.19 bits per heavy atom. The molecule has 0 fully saturated rings. The van der Waals surface area contributed by atoms with Gasteiger partial charge in [0.05, 0.1) is 17.7 Å². The van der Waals surface area contributed by atoms with Gasteiger partial charge in [0.1, 0.15) is 5.75 Å². The fourth-order valence-electron chi connectivity index (χ4n) is 2.47. The number of nitrogens with one attached hydrogen (secondary N) is 1. The van der Waals surface area contributed by atoms with Crippen LogP contribution < -0.4 is 10.1 Å². The van der Waals surface area contributed by atoms with Crippen LogP contribution in [0.5, 0.6) is 5.75 Å². The quantitative estimate of drug-likeness (QED) is 0.908. The maximum atomic E-state index is 6.24. The van der Waals surface area contributed by atoms with Crippen molar-refractivity contribution >= 4 is 17.5 Å². The Hall–Kier alpha value is -1.81. The minimum Gasteiger partial charge on any atom is -0.492 e. The van der Waals surface area contributed by atoms with Gasteiger partial charge in [0.15, 0.2) is 0 Å². The van der Waals surface area contributed by atoms with Crippen molar-refractivity contribution in [2.24, 2.45) is 0 Å². The van der Waals surface area contributed by atoms with Gasteiger partial charge >= 0.3 is 0 Å². The van der Waals surface area contributed by atoms with E-state index in [2.05, 4.69) is 15.3 Å². The number of ether oxygens (including phenoxy) is 1. The van der Waals surface area contributed by atoms with Crippen LogP contribution in [0.1, 0.15) is 35.7 Å². The fraction of sp³-hybridized carbons (Fsp3) is 0.375. The third-order valence-corrected chi connectivity index (χ3v) is 4.08. The van der Waals surface area contributed by atoms with Gasteiger partial charge < -0.3 is 10.1 Å². The first-order valence-corrected chi connectivity index (χ1v) is 7.51. The Morgan fingerprint density at radius 3 is 3.00 bits per heavy atom. The summed E-state index contributed by atoms with van der Waals surface area (Å²) < 4.78 is 5.78. The van der Waals surface area contributed by atoms with Crippen LogP contribution in [0.4, 0.5) is 5.95 Å². The molecule has 1 aliphatic heterocycles. The maximum absolute atomic E-state index is 6.24. The lowest BCUT2D eigenvalue weighted by molar-refractivity contribution is 0.316. The SMILES string of the molecule is Cc1cnc(NC2CCCOc3c(Cl)cccc32)nc1C. The van der Waals surface area contributed by atoms with Gasteiger partial charge in [-0.2, -0.15) is 0 Å². The van der Waals surface area contributed by atoms with E-state index in [0.29, 0.717) is 17.6 Å². The topological polar surface area (TPSA) is 47.0 Å². The minimum atomic E-state index is 0.114. The molecule has 1 aromatic heterocycles. The minimum absolute atomic E-state index is 0.114. The fourth-order valence-corrected chi connectivity index (χ4v) is 2.71. The van der Waals surface area contributed by atoms with Crippen LogP contribution in [0.2, 0.25) is 5.02 Å².